The summed E-state index contributed by atoms with van der Waals surface area (Å²) >= 11 is 0.982. The molecule has 3 rings (SSSR count). The highest BCUT2D eigenvalue weighted by Gasteiger charge is 2.24. The largest absolute Gasteiger partial charge is 0.345 e. The fourth-order valence-corrected chi connectivity index (χ4v) is 5.06. The molecule has 1 aromatic carbocycles. The minimum atomic E-state index is -3.51. The molecule has 0 spiro atoms. The second-order valence-corrected chi connectivity index (χ2v) is 9.14. The number of carbonyl (C=O) groups is 1. The molecule has 1 atom stereocenters. The molecule has 128 valence electrons. The molecule has 0 radical (unpaired) electrons. The highest BCUT2D eigenvalue weighted by atomic mass is 32.2. The van der Waals surface area contributed by atoms with Crippen LogP contribution < -0.4 is 10.0 Å². The smallest absolute Gasteiger partial charge is 0.261 e. The van der Waals surface area contributed by atoms with Crippen LogP contribution in [0.5, 0.6) is 0 Å². The number of sulfonamides is 1. The van der Waals surface area contributed by atoms with Gasteiger partial charge in [-0.1, -0.05) is 23.8 Å². The lowest BCUT2D eigenvalue weighted by Gasteiger charge is -2.26. The summed E-state index contributed by atoms with van der Waals surface area (Å²) in [4.78, 5) is 12.9. The summed E-state index contributed by atoms with van der Waals surface area (Å²) in [6, 6.07) is 9.32. The Morgan fingerprint density at radius 3 is 2.79 bits per heavy atom. The Balaban J connectivity index is 1.79. The third-order valence-electron chi connectivity index (χ3n) is 4.26. The van der Waals surface area contributed by atoms with E-state index in [2.05, 4.69) is 35.2 Å². The van der Waals surface area contributed by atoms with Gasteiger partial charge in [-0.3, -0.25) is 4.79 Å². The van der Waals surface area contributed by atoms with Crippen molar-refractivity contribution in [3.8, 4) is 0 Å². The standard InChI is InChI=1S/C17H20N2O3S2/c1-11-6-7-13-12(10-11)4-3-5-14(13)19-17(20)15-8-9-16(23-15)24(21,22)18-2/h6-10,14,18H,3-5H2,1-2H3,(H,19,20)/t14-/m1/s1. The average Bonchev–Trinajstić information content (AvgIpc) is 3.05. The number of benzene rings is 1. The first-order valence-electron chi connectivity index (χ1n) is 7.84. The zero-order valence-corrected chi connectivity index (χ0v) is 15.3. The Hall–Kier alpha value is -1.70. The van der Waals surface area contributed by atoms with Crippen molar-refractivity contribution in [1.29, 1.82) is 0 Å². The molecule has 0 aliphatic heterocycles. The fraction of sp³-hybridized carbons (Fsp3) is 0.353. The van der Waals surface area contributed by atoms with Crippen LogP contribution in [0.3, 0.4) is 0 Å². The maximum atomic E-state index is 12.5. The average molecular weight is 364 g/mol. The number of aryl methyl sites for hydroxylation is 2. The molecule has 0 unspecified atom stereocenters. The molecule has 1 amide bonds. The zero-order valence-electron chi connectivity index (χ0n) is 13.6. The summed E-state index contributed by atoms with van der Waals surface area (Å²) in [6.45, 7) is 2.07. The Morgan fingerprint density at radius 1 is 1.25 bits per heavy atom. The third kappa shape index (κ3) is 3.38. The van der Waals surface area contributed by atoms with E-state index >= 15 is 0 Å². The van der Waals surface area contributed by atoms with Gasteiger partial charge >= 0.3 is 0 Å². The second kappa shape index (κ2) is 6.66. The first-order valence-corrected chi connectivity index (χ1v) is 10.1. The van der Waals surface area contributed by atoms with E-state index in [0.717, 1.165) is 30.6 Å². The van der Waals surface area contributed by atoms with E-state index in [0.29, 0.717) is 4.88 Å². The van der Waals surface area contributed by atoms with E-state index < -0.39 is 10.0 Å². The SMILES string of the molecule is CNS(=O)(=O)c1ccc(C(=O)N[C@@H]2CCCc3cc(C)ccc32)s1. The van der Waals surface area contributed by atoms with Gasteiger partial charge in [0, 0.05) is 0 Å². The molecule has 1 aliphatic carbocycles. The molecule has 0 bridgehead atoms. The van der Waals surface area contributed by atoms with Crippen LogP contribution in [0.2, 0.25) is 0 Å². The van der Waals surface area contributed by atoms with Gasteiger partial charge in [-0.25, -0.2) is 13.1 Å². The summed E-state index contributed by atoms with van der Waals surface area (Å²) < 4.78 is 26.0. The van der Waals surface area contributed by atoms with Crippen molar-refractivity contribution in [1.82, 2.24) is 10.0 Å². The summed E-state index contributed by atoms with van der Waals surface area (Å²) in [5.41, 5.74) is 3.68. The molecule has 1 aromatic heterocycles. The highest BCUT2D eigenvalue weighted by Crippen LogP contribution is 2.31. The van der Waals surface area contributed by atoms with Gasteiger partial charge in [0.15, 0.2) is 0 Å². The zero-order chi connectivity index (χ0) is 17.3. The van der Waals surface area contributed by atoms with E-state index in [4.69, 9.17) is 0 Å². The third-order valence-corrected chi connectivity index (χ3v) is 7.25. The molecule has 1 aliphatic rings. The predicted molar refractivity (Wildman–Crippen MR) is 94.9 cm³/mol. The van der Waals surface area contributed by atoms with Gasteiger partial charge in [0.2, 0.25) is 10.0 Å². The van der Waals surface area contributed by atoms with Crippen LogP contribution in [0.15, 0.2) is 34.5 Å². The number of nitrogens with one attached hydrogen (secondary N) is 2. The molecule has 2 N–H and O–H groups in total. The van der Waals surface area contributed by atoms with Crippen LogP contribution in [0.1, 0.15) is 45.2 Å². The number of hydrogen-bond donors (Lipinski definition) is 2. The maximum Gasteiger partial charge on any atom is 0.261 e. The minimum absolute atomic E-state index is 0.0201. The molecule has 1 heterocycles. The van der Waals surface area contributed by atoms with Crippen molar-refractivity contribution in [2.45, 2.75) is 36.4 Å². The Bertz CT molecular complexity index is 872. The van der Waals surface area contributed by atoms with E-state index in [9.17, 15) is 13.2 Å². The molecule has 0 saturated carbocycles. The topological polar surface area (TPSA) is 75.3 Å². The maximum absolute atomic E-state index is 12.5. The van der Waals surface area contributed by atoms with E-state index in [1.165, 1.54) is 29.8 Å². The van der Waals surface area contributed by atoms with E-state index in [1.807, 2.05) is 0 Å². The van der Waals surface area contributed by atoms with Crippen LogP contribution in [-0.4, -0.2) is 21.4 Å². The summed E-state index contributed by atoms with van der Waals surface area (Å²) in [6.07, 6.45) is 2.97. The van der Waals surface area contributed by atoms with Crippen molar-refractivity contribution in [3.05, 3.63) is 51.9 Å². The van der Waals surface area contributed by atoms with Crippen LogP contribution in [0.4, 0.5) is 0 Å². The summed E-state index contributed by atoms with van der Waals surface area (Å²) in [7, 11) is -2.15. The van der Waals surface area contributed by atoms with Crippen LogP contribution in [-0.2, 0) is 16.4 Å². The summed E-state index contributed by atoms with van der Waals surface area (Å²) in [5, 5.41) is 3.05. The monoisotopic (exact) mass is 364 g/mol. The number of fused-ring (bicyclic) bond motifs is 1. The van der Waals surface area contributed by atoms with Crippen molar-refractivity contribution in [3.63, 3.8) is 0 Å². The van der Waals surface area contributed by atoms with Gasteiger partial charge in [-0.2, -0.15) is 0 Å². The van der Waals surface area contributed by atoms with Crippen molar-refractivity contribution >= 4 is 27.3 Å². The summed E-state index contributed by atoms with van der Waals surface area (Å²) in [5.74, 6) is -0.226. The first-order chi connectivity index (χ1) is 11.4. The molecule has 7 heteroatoms. The molecule has 5 nitrogen and oxygen atoms in total. The van der Waals surface area contributed by atoms with Crippen molar-refractivity contribution in [2.24, 2.45) is 0 Å². The Labute approximate surface area is 146 Å². The second-order valence-electron chi connectivity index (χ2n) is 5.95. The van der Waals surface area contributed by atoms with Gasteiger partial charge in [0.05, 0.1) is 10.9 Å². The quantitative estimate of drug-likeness (QED) is 0.876. The van der Waals surface area contributed by atoms with E-state index in [-0.39, 0.29) is 16.2 Å². The lowest BCUT2D eigenvalue weighted by molar-refractivity contribution is 0.0937. The molecule has 0 fully saturated rings. The van der Waals surface area contributed by atoms with Crippen molar-refractivity contribution in [2.75, 3.05) is 7.05 Å². The normalized spacial score (nSPS) is 17.3. The fourth-order valence-electron chi connectivity index (χ4n) is 3.01. The molecule has 24 heavy (non-hydrogen) atoms. The van der Waals surface area contributed by atoms with Gasteiger partial charge in [0.25, 0.3) is 5.91 Å². The highest BCUT2D eigenvalue weighted by molar-refractivity contribution is 7.91. The number of thiophene rings is 1. The molecule has 2 aromatic rings. The molecular formula is C17H20N2O3S2. The van der Waals surface area contributed by atoms with E-state index in [1.54, 1.807) is 6.07 Å². The number of rotatable bonds is 4. The van der Waals surface area contributed by atoms with Crippen LogP contribution in [0.25, 0.3) is 0 Å². The van der Waals surface area contributed by atoms with Crippen LogP contribution in [0, 0.1) is 6.92 Å². The van der Waals surface area contributed by atoms with Gasteiger partial charge in [-0.15, -0.1) is 11.3 Å². The lowest BCUT2D eigenvalue weighted by atomic mass is 9.86. The number of carbonyl (C=O) groups excluding carboxylic acids is 1. The molecule has 0 saturated heterocycles. The van der Waals surface area contributed by atoms with Gasteiger partial charge < -0.3 is 5.32 Å². The number of hydrogen-bond acceptors (Lipinski definition) is 4. The number of amides is 1. The molecular weight excluding hydrogens is 344 g/mol. The van der Waals surface area contributed by atoms with Crippen LogP contribution >= 0.6 is 11.3 Å². The first kappa shape index (κ1) is 17.1. The lowest BCUT2D eigenvalue weighted by Crippen LogP contribution is -2.30. The minimum Gasteiger partial charge on any atom is -0.345 e. The van der Waals surface area contributed by atoms with Gasteiger partial charge in [0.1, 0.15) is 4.21 Å². The Kier molecular flexibility index (Phi) is 4.76. The van der Waals surface area contributed by atoms with Crippen molar-refractivity contribution < 1.29 is 13.2 Å². The predicted octanol–water partition coefficient (Wildman–Crippen LogP) is 2.77. The Morgan fingerprint density at radius 2 is 2.04 bits per heavy atom. The van der Waals surface area contributed by atoms with Gasteiger partial charge in [-0.05, 0) is 56.5 Å².